The highest BCUT2D eigenvalue weighted by atomic mass is 32.2. The molecule has 0 saturated carbocycles. The molecule has 27 heavy (non-hydrogen) atoms. The number of nitrogens with zero attached hydrogens (tertiary/aromatic N) is 5. The molecule has 0 unspecified atom stereocenters. The first-order valence-electron chi connectivity index (χ1n) is 8.71. The predicted octanol–water partition coefficient (Wildman–Crippen LogP) is 2.86. The number of rotatable bonds is 5. The summed E-state index contributed by atoms with van der Waals surface area (Å²) >= 11 is 1.24. The second kappa shape index (κ2) is 7.37. The summed E-state index contributed by atoms with van der Waals surface area (Å²) < 4.78 is 29.4. The Bertz CT molecular complexity index is 1040. The van der Waals surface area contributed by atoms with E-state index in [-0.39, 0.29) is 0 Å². The summed E-state index contributed by atoms with van der Waals surface area (Å²) in [6.45, 7) is 1.20. The molecular formula is C17H20N6O2S2. The van der Waals surface area contributed by atoms with E-state index in [1.807, 2.05) is 11.6 Å². The third-order valence-corrected chi connectivity index (χ3v) is 7.93. The lowest BCUT2D eigenvalue weighted by atomic mass is 10.2. The van der Waals surface area contributed by atoms with Crippen LogP contribution >= 0.6 is 11.3 Å². The first kappa shape index (κ1) is 18.1. The van der Waals surface area contributed by atoms with Crippen molar-refractivity contribution in [3.8, 4) is 10.6 Å². The normalized spacial score (nSPS) is 15.7. The van der Waals surface area contributed by atoms with Crippen molar-refractivity contribution in [1.29, 1.82) is 0 Å². The zero-order chi connectivity index (χ0) is 18.9. The molecule has 0 spiro atoms. The van der Waals surface area contributed by atoms with Crippen LogP contribution in [0, 0.1) is 0 Å². The standard InChI is InChI=1S/C17H20N6O2S2/c1-22-12-18-11-15(22)21-17-19-8-7-13(20-17)14-5-6-16(26-14)27(24,25)23-9-3-2-4-10-23/h5-8,11-12H,2-4,9-10H2,1H3,(H,19,20,21). The lowest BCUT2D eigenvalue weighted by molar-refractivity contribution is 0.347. The number of aryl methyl sites for hydroxylation is 1. The average Bonchev–Trinajstić information content (AvgIpc) is 3.33. The largest absolute Gasteiger partial charge is 0.320 e. The molecule has 0 amide bonds. The fourth-order valence-corrected chi connectivity index (χ4v) is 5.92. The molecule has 4 heterocycles. The molecule has 1 fully saturated rings. The third-order valence-electron chi connectivity index (χ3n) is 4.46. The molecule has 0 aromatic carbocycles. The van der Waals surface area contributed by atoms with E-state index in [1.165, 1.54) is 11.3 Å². The molecule has 3 aromatic rings. The van der Waals surface area contributed by atoms with Crippen molar-refractivity contribution in [2.75, 3.05) is 18.4 Å². The van der Waals surface area contributed by atoms with Gasteiger partial charge in [0.25, 0.3) is 10.0 Å². The molecule has 3 aromatic heterocycles. The molecule has 1 aliphatic rings. The minimum Gasteiger partial charge on any atom is -0.320 e. The topological polar surface area (TPSA) is 93.0 Å². The van der Waals surface area contributed by atoms with E-state index in [1.54, 1.807) is 41.2 Å². The van der Waals surface area contributed by atoms with Gasteiger partial charge in [-0.3, -0.25) is 0 Å². The summed E-state index contributed by atoms with van der Waals surface area (Å²) in [5.74, 6) is 1.21. The van der Waals surface area contributed by atoms with Gasteiger partial charge in [-0.05, 0) is 31.0 Å². The van der Waals surface area contributed by atoms with Crippen LogP contribution in [0.2, 0.25) is 0 Å². The quantitative estimate of drug-likeness (QED) is 0.703. The van der Waals surface area contributed by atoms with Crippen LogP contribution in [0.3, 0.4) is 0 Å². The number of thiophene rings is 1. The van der Waals surface area contributed by atoms with Gasteiger partial charge in [-0.1, -0.05) is 6.42 Å². The van der Waals surface area contributed by atoms with Crippen LogP contribution in [0.5, 0.6) is 0 Å². The molecule has 10 heteroatoms. The lowest BCUT2D eigenvalue weighted by Crippen LogP contribution is -2.35. The molecule has 0 atom stereocenters. The van der Waals surface area contributed by atoms with E-state index < -0.39 is 10.0 Å². The van der Waals surface area contributed by atoms with E-state index in [9.17, 15) is 8.42 Å². The van der Waals surface area contributed by atoms with E-state index >= 15 is 0 Å². The maximum atomic E-state index is 12.8. The lowest BCUT2D eigenvalue weighted by Gasteiger charge is -2.25. The van der Waals surface area contributed by atoms with Crippen molar-refractivity contribution in [2.45, 2.75) is 23.5 Å². The Morgan fingerprint density at radius 2 is 1.96 bits per heavy atom. The smallest absolute Gasteiger partial charge is 0.252 e. The Hall–Kier alpha value is -2.30. The monoisotopic (exact) mass is 404 g/mol. The highest BCUT2D eigenvalue weighted by molar-refractivity contribution is 7.91. The van der Waals surface area contributed by atoms with Crippen LogP contribution in [-0.4, -0.2) is 45.3 Å². The molecule has 1 N–H and O–H groups in total. The summed E-state index contributed by atoms with van der Waals surface area (Å²) in [4.78, 5) is 13.6. The van der Waals surface area contributed by atoms with Gasteiger partial charge in [0.1, 0.15) is 10.0 Å². The number of anilines is 2. The van der Waals surface area contributed by atoms with Crippen molar-refractivity contribution in [3.63, 3.8) is 0 Å². The second-order valence-corrected chi connectivity index (χ2v) is 9.61. The van der Waals surface area contributed by atoms with Gasteiger partial charge in [-0.25, -0.2) is 23.4 Å². The number of hydrogen-bond acceptors (Lipinski definition) is 7. The summed E-state index contributed by atoms with van der Waals surface area (Å²) in [6, 6.07) is 5.25. The Labute approximate surface area is 162 Å². The number of piperidine rings is 1. The average molecular weight is 405 g/mol. The molecule has 0 bridgehead atoms. The van der Waals surface area contributed by atoms with Gasteiger partial charge in [0, 0.05) is 26.3 Å². The molecule has 8 nitrogen and oxygen atoms in total. The van der Waals surface area contributed by atoms with Crippen LogP contribution in [0.15, 0.2) is 41.1 Å². The number of sulfonamides is 1. The minimum absolute atomic E-state index is 0.360. The van der Waals surface area contributed by atoms with Gasteiger partial charge >= 0.3 is 0 Å². The molecule has 0 aliphatic carbocycles. The maximum absolute atomic E-state index is 12.8. The van der Waals surface area contributed by atoms with E-state index in [0.717, 1.165) is 30.0 Å². The van der Waals surface area contributed by atoms with Crippen molar-refractivity contribution >= 4 is 33.1 Å². The maximum Gasteiger partial charge on any atom is 0.252 e. The van der Waals surface area contributed by atoms with Gasteiger partial charge in [0.05, 0.1) is 23.1 Å². The molecule has 142 valence electrons. The van der Waals surface area contributed by atoms with Gasteiger partial charge in [-0.15, -0.1) is 11.3 Å². The van der Waals surface area contributed by atoms with E-state index in [2.05, 4.69) is 20.3 Å². The van der Waals surface area contributed by atoms with Crippen LogP contribution in [-0.2, 0) is 17.1 Å². The summed E-state index contributed by atoms with van der Waals surface area (Å²) in [7, 11) is -1.55. The predicted molar refractivity (Wildman–Crippen MR) is 104 cm³/mol. The van der Waals surface area contributed by atoms with Gasteiger partial charge in [0.2, 0.25) is 5.95 Å². The molecule has 0 radical (unpaired) electrons. The van der Waals surface area contributed by atoms with Gasteiger partial charge in [-0.2, -0.15) is 4.31 Å². The van der Waals surface area contributed by atoms with Crippen molar-refractivity contribution in [2.24, 2.45) is 7.05 Å². The van der Waals surface area contributed by atoms with Gasteiger partial charge < -0.3 is 9.88 Å². The van der Waals surface area contributed by atoms with Crippen molar-refractivity contribution in [1.82, 2.24) is 23.8 Å². The minimum atomic E-state index is -3.42. The number of imidazole rings is 1. The number of hydrogen-bond donors (Lipinski definition) is 1. The Morgan fingerprint density at radius 1 is 1.15 bits per heavy atom. The van der Waals surface area contributed by atoms with E-state index in [4.69, 9.17) is 0 Å². The zero-order valence-corrected chi connectivity index (χ0v) is 16.5. The van der Waals surface area contributed by atoms with E-state index in [0.29, 0.717) is 28.9 Å². The van der Waals surface area contributed by atoms with Crippen LogP contribution < -0.4 is 5.32 Å². The summed E-state index contributed by atoms with van der Waals surface area (Å²) in [5.41, 5.74) is 0.680. The number of nitrogens with one attached hydrogen (secondary N) is 1. The van der Waals surface area contributed by atoms with Crippen LogP contribution in [0.4, 0.5) is 11.8 Å². The zero-order valence-electron chi connectivity index (χ0n) is 14.9. The first-order chi connectivity index (χ1) is 13.0. The molecule has 1 saturated heterocycles. The van der Waals surface area contributed by atoms with Crippen LogP contribution in [0.1, 0.15) is 19.3 Å². The summed E-state index contributed by atoms with van der Waals surface area (Å²) in [5, 5.41) is 3.11. The van der Waals surface area contributed by atoms with Crippen molar-refractivity contribution in [3.05, 3.63) is 36.9 Å². The SMILES string of the molecule is Cn1cncc1Nc1nccc(-c2ccc(S(=O)(=O)N3CCCCC3)s2)n1. The molecule has 1 aliphatic heterocycles. The third kappa shape index (κ3) is 3.73. The Balaban J connectivity index is 1.58. The second-order valence-electron chi connectivity index (χ2n) is 6.36. The highest BCUT2D eigenvalue weighted by Crippen LogP contribution is 2.32. The number of aromatic nitrogens is 4. The fourth-order valence-electron chi connectivity index (χ4n) is 2.98. The van der Waals surface area contributed by atoms with Crippen LogP contribution in [0.25, 0.3) is 10.6 Å². The fraction of sp³-hybridized carbons (Fsp3) is 0.353. The first-order valence-corrected chi connectivity index (χ1v) is 11.0. The van der Waals surface area contributed by atoms with Gasteiger partial charge in [0.15, 0.2) is 0 Å². The van der Waals surface area contributed by atoms with Crippen molar-refractivity contribution < 1.29 is 8.42 Å². The highest BCUT2D eigenvalue weighted by Gasteiger charge is 2.27. The molecule has 4 rings (SSSR count). The Morgan fingerprint density at radius 3 is 2.70 bits per heavy atom. The Kier molecular flexibility index (Phi) is 4.94. The summed E-state index contributed by atoms with van der Waals surface area (Å²) in [6.07, 6.45) is 7.96. The molecular weight excluding hydrogens is 384 g/mol.